The largest absolute Gasteiger partial charge is 0.125 e. The van der Waals surface area contributed by atoms with E-state index in [1.54, 1.807) is 12.2 Å². The maximum atomic E-state index is 5.22. The minimum absolute atomic E-state index is 0.400. The third-order valence-corrected chi connectivity index (χ3v) is 0.573. The lowest BCUT2D eigenvalue weighted by molar-refractivity contribution is 1.60. The van der Waals surface area contributed by atoms with E-state index < -0.39 is 4.84 Å². The summed E-state index contributed by atoms with van der Waals surface area (Å²) in [6.07, 6.45) is 3.15. The lowest BCUT2D eigenvalue weighted by Gasteiger charge is -1.80. The van der Waals surface area contributed by atoms with Crippen LogP contribution in [0.3, 0.4) is 0 Å². The zero-order chi connectivity index (χ0) is 4.99. The predicted molar refractivity (Wildman–Crippen MR) is 30.0 cm³/mol. The molecule has 35 valence electrons. The molecule has 0 saturated heterocycles. The van der Waals surface area contributed by atoms with Crippen molar-refractivity contribution < 1.29 is 0 Å². The van der Waals surface area contributed by atoms with Gasteiger partial charge in [-0.3, -0.25) is 0 Å². The second-order valence-corrected chi connectivity index (χ2v) is 1.93. The third-order valence-electron chi connectivity index (χ3n) is 0.282. The van der Waals surface area contributed by atoms with Crippen molar-refractivity contribution in [1.29, 1.82) is 0 Å². The van der Waals surface area contributed by atoms with Gasteiger partial charge in [0.1, 0.15) is 4.84 Å². The molecule has 0 spiro atoms. The summed E-state index contributed by atoms with van der Waals surface area (Å²) in [7, 11) is 0. The molecule has 0 heterocycles. The molecule has 0 atom stereocenters. The lowest BCUT2D eigenvalue weighted by Crippen LogP contribution is -1.71. The monoisotopic (exact) mass is 123 g/mol. The molecule has 0 bridgehead atoms. The topological polar surface area (TPSA) is 0 Å². The average molecular weight is 124 g/mol. The van der Waals surface area contributed by atoms with Crippen LogP contribution < -0.4 is 0 Å². The second-order valence-electron chi connectivity index (χ2n) is 0.763. The van der Waals surface area contributed by atoms with Gasteiger partial charge in [0, 0.05) is 0 Å². The van der Waals surface area contributed by atoms with E-state index in [1.807, 2.05) is 0 Å². The van der Waals surface area contributed by atoms with Crippen LogP contribution in [0.5, 0.6) is 0 Å². The lowest BCUT2D eigenvalue weighted by atomic mass is 10.6. The Kier molecular flexibility index (Phi) is 3.70. The summed E-state index contributed by atoms with van der Waals surface area (Å²) in [5.74, 6) is 0. The minimum atomic E-state index is -0.400. The van der Waals surface area contributed by atoms with Gasteiger partial charge in [-0.25, -0.2) is 0 Å². The van der Waals surface area contributed by atoms with Gasteiger partial charge >= 0.3 is 0 Å². The van der Waals surface area contributed by atoms with Gasteiger partial charge < -0.3 is 0 Å². The fraction of sp³-hybridized carbons (Fsp3) is 0.250. The van der Waals surface area contributed by atoms with Crippen LogP contribution in [-0.4, -0.2) is 4.84 Å². The number of hydrogen-bond acceptors (Lipinski definition) is 0. The molecule has 0 aromatic rings. The van der Waals surface area contributed by atoms with Crippen molar-refractivity contribution in [3.63, 3.8) is 0 Å². The van der Waals surface area contributed by atoms with Crippen LogP contribution in [0, 0.1) is 6.92 Å². The second kappa shape index (κ2) is 3.51. The molecular formula is C4H5Cl2. The van der Waals surface area contributed by atoms with E-state index in [-0.39, 0.29) is 0 Å². The van der Waals surface area contributed by atoms with Crippen LogP contribution in [0.25, 0.3) is 0 Å². The van der Waals surface area contributed by atoms with Crippen LogP contribution in [-0.2, 0) is 0 Å². The summed E-state index contributed by atoms with van der Waals surface area (Å²) in [5.41, 5.74) is 0. The molecule has 0 saturated carbocycles. The molecule has 0 fully saturated rings. The third kappa shape index (κ3) is 4.32. The summed E-state index contributed by atoms with van der Waals surface area (Å²) in [4.78, 5) is -0.400. The predicted octanol–water partition coefficient (Wildman–Crippen LogP) is 2.18. The summed E-state index contributed by atoms with van der Waals surface area (Å²) >= 11 is 10.4. The van der Waals surface area contributed by atoms with Gasteiger partial charge in [-0.05, 0) is 6.92 Å². The van der Waals surface area contributed by atoms with E-state index in [0.29, 0.717) is 0 Å². The van der Waals surface area contributed by atoms with Crippen LogP contribution in [0.2, 0.25) is 0 Å². The Labute approximate surface area is 47.8 Å². The van der Waals surface area contributed by atoms with Gasteiger partial charge in [0.05, 0.1) is 0 Å². The number of alkyl halides is 2. The molecule has 0 aliphatic rings. The number of hydrogen-bond donors (Lipinski definition) is 0. The van der Waals surface area contributed by atoms with E-state index in [2.05, 4.69) is 6.92 Å². The highest BCUT2D eigenvalue weighted by molar-refractivity contribution is 6.45. The summed E-state index contributed by atoms with van der Waals surface area (Å²) in [6, 6.07) is 0. The molecule has 0 rings (SSSR count). The van der Waals surface area contributed by atoms with Gasteiger partial charge in [-0.1, -0.05) is 12.2 Å². The van der Waals surface area contributed by atoms with Crippen molar-refractivity contribution >= 4 is 23.2 Å². The Morgan fingerprint density at radius 2 is 2.00 bits per heavy atom. The van der Waals surface area contributed by atoms with Crippen molar-refractivity contribution in [3.05, 3.63) is 19.1 Å². The molecule has 0 aromatic heterocycles. The van der Waals surface area contributed by atoms with E-state index in [4.69, 9.17) is 23.2 Å². The van der Waals surface area contributed by atoms with Crippen molar-refractivity contribution in [2.75, 3.05) is 0 Å². The first-order valence-electron chi connectivity index (χ1n) is 1.51. The van der Waals surface area contributed by atoms with E-state index in [0.717, 1.165) is 0 Å². The molecule has 0 aromatic carbocycles. The molecule has 0 amide bonds. The Balaban J connectivity index is 3.03. The SMILES string of the molecule is [CH2]/C=C/C(Cl)Cl. The van der Waals surface area contributed by atoms with Crippen LogP contribution in [0.4, 0.5) is 0 Å². The Bertz CT molecular complexity index is 47.5. The molecule has 2 heteroatoms. The normalized spacial score (nSPS) is 11.3. The fourth-order valence-electron chi connectivity index (χ4n) is 0.103. The number of halogens is 2. The summed E-state index contributed by atoms with van der Waals surface area (Å²) in [6.45, 7) is 3.38. The van der Waals surface area contributed by atoms with Gasteiger partial charge in [0.25, 0.3) is 0 Å². The maximum absolute atomic E-state index is 5.22. The first kappa shape index (κ1) is 6.32. The average Bonchev–Trinajstić information content (AvgIpc) is 1.35. The quantitative estimate of drug-likeness (QED) is 0.470. The molecule has 0 unspecified atom stereocenters. The molecule has 1 radical (unpaired) electrons. The van der Waals surface area contributed by atoms with Crippen LogP contribution in [0.15, 0.2) is 12.2 Å². The van der Waals surface area contributed by atoms with Gasteiger partial charge in [0.15, 0.2) is 0 Å². The highest BCUT2D eigenvalue weighted by Crippen LogP contribution is 2.00. The van der Waals surface area contributed by atoms with Crippen molar-refractivity contribution in [2.24, 2.45) is 0 Å². The van der Waals surface area contributed by atoms with Crippen molar-refractivity contribution in [1.82, 2.24) is 0 Å². The van der Waals surface area contributed by atoms with Crippen LogP contribution >= 0.6 is 23.2 Å². The Hall–Kier alpha value is 0.320. The highest BCUT2D eigenvalue weighted by Gasteiger charge is 1.83. The zero-order valence-corrected chi connectivity index (χ0v) is 4.71. The smallest absolute Gasteiger partial charge is 0.101 e. The van der Waals surface area contributed by atoms with E-state index in [1.165, 1.54) is 0 Å². The Morgan fingerprint density at radius 1 is 1.50 bits per heavy atom. The van der Waals surface area contributed by atoms with Gasteiger partial charge in [-0.15, -0.1) is 23.2 Å². The highest BCUT2D eigenvalue weighted by atomic mass is 35.5. The van der Waals surface area contributed by atoms with Crippen LogP contribution in [0.1, 0.15) is 0 Å². The maximum Gasteiger partial charge on any atom is 0.125 e. The standard InChI is InChI=1S/C4H5Cl2/c1-2-3-4(5)6/h2-4H,1H2/b3-2+. The van der Waals surface area contributed by atoms with E-state index >= 15 is 0 Å². The first-order valence-corrected chi connectivity index (χ1v) is 2.38. The zero-order valence-electron chi connectivity index (χ0n) is 3.20. The minimum Gasteiger partial charge on any atom is -0.101 e. The number of rotatable bonds is 1. The molecule has 6 heavy (non-hydrogen) atoms. The molecule has 0 aliphatic heterocycles. The fourth-order valence-corrected chi connectivity index (χ4v) is 0.309. The molecule has 0 aliphatic carbocycles. The molecule has 0 N–H and O–H groups in total. The van der Waals surface area contributed by atoms with Crippen molar-refractivity contribution in [3.8, 4) is 0 Å². The summed E-state index contributed by atoms with van der Waals surface area (Å²) < 4.78 is 0. The first-order chi connectivity index (χ1) is 2.77. The van der Waals surface area contributed by atoms with Gasteiger partial charge in [0.2, 0.25) is 0 Å². The van der Waals surface area contributed by atoms with Gasteiger partial charge in [-0.2, -0.15) is 0 Å². The summed E-state index contributed by atoms with van der Waals surface area (Å²) in [5, 5.41) is 0. The molecule has 0 nitrogen and oxygen atoms in total. The van der Waals surface area contributed by atoms with Crippen molar-refractivity contribution in [2.45, 2.75) is 4.84 Å². The Morgan fingerprint density at radius 3 is 2.00 bits per heavy atom. The molecular weight excluding hydrogens is 119 g/mol. The number of allylic oxidation sites excluding steroid dienone is 2. The van der Waals surface area contributed by atoms with E-state index in [9.17, 15) is 0 Å².